The second-order valence-corrected chi connectivity index (χ2v) is 5.75. The van der Waals surface area contributed by atoms with Crippen molar-refractivity contribution in [1.82, 2.24) is 9.96 Å². The fraction of sp³-hybridized carbons (Fsp3) is 0.692. The van der Waals surface area contributed by atoms with Crippen LogP contribution < -0.4 is 5.73 Å². The largest absolute Gasteiger partial charge is 0.379 e. The van der Waals surface area contributed by atoms with Crippen LogP contribution in [-0.2, 0) is 9.53 Å². The van der Waals surface area contributed by atoms with Gasteiger partial charge in [-0.2, -0.15) is 5.06 Å². The highest BCUT2D eigenvalue weighted by molar-refractivity contribution is 5.99. The standard InChI is InChI=1S/C13H20N4O4/c14-11(19)9-7-10(18)17-5-6-21-8-13(12(17)15-9)1-3-16(20)4-2-13/h7,10,18,20H,1-6,8H2,(H2,14,19). The number of aliphatic imine (C=N–C) groups is 1. The van der Waals surface area contributed by atoms with E-state index in [2.05, 4.69) is 4.99 Å². The molecule has 0 aromatic rings. The zero-order chi connectivity index (χ0) is 15.0. The molecule has 3 aliphatic heterocycles. The molecule has 1 unspecified atom stereocenters. The van der Waals surface area contributed by atoms with Gasteiger partial charge in [-0.05, 0) is 18.9 Å². The van der Waals surface area contributed by atoms with Crippen molar-refractivity contribution in [2.24, 2.45) is 16.1 Å². The summed E-state index contributed by atoms with van der Waals surface area (Å²) in [6.45, 7) is 2.46. The lowest BCUT2D eigenvalue weighted by atomic mass is 9.77. The van der Waals surface area contributed by atoms with Gasteiger partial charge < -0.3 is 25.7 Å². The lowest BCUT2D eigenvalue weighted by Gasteiger charge is -2.44. The summed E-state index contributed by atoms with van der Waals surface area (Å²) in [5, 5.41) is 21.1. The molecule has 1 atom stereocenters. The smallest absolute Gasteiger partial charge is 0.267 e. The van der Waals surface area contributed by atoms with Gasteiger partial charge in [0.1, 0.15) is 17.8 Å². The van der Waals surface area contributed by atoms with E-state index in [1.807, 2.05) is 0 Å². The number of ether oxygens (including phenoxy) is 1. The summed E-state index contributed by atoms with van der Waals surface area (Å²) in [5.74, 6) is -0.00184. The molecule has 8 heteroatoms. The van der Waals surface area contributed by atoms with E-state index in [1.54, 1.807) is 4.90 Å². The van der Waals surface area contributed by atoms with Gasteiger partial charge in [0.15, 0.2) is 0 Å². The Bertz CT molecular complexity index is 496. The monoisotopic (exact) mass is 296 g/mol. The number of hydroxylamine groups is 2. The van der Waals surface area contributed by atoms with Crippen LogP contribution in [0.15, 0.2) is 16.8 Å². The van der Waals surface area contributed by atoms with Crippen LogP contribution in [0.5, 0.6) is 0 Å². The van der Waals surface area contributed by atoms with Gasteiger partial charge in [0.25, 0.3) is 5.91 Å². The Morgan fingerprint density at radius 2 is 2.14 bits per heavy atom. The number of amidine groups is 1. The molecule has 0 aromatic carbocycles. The molecule has 0 saturated carbocycles. The van der Waals surface area contributed by atoms with E-state index < -0.39 is 17.6 Å². The highest BCUT2D eigenvalue weighted by Crippen LogP contribution is 2.38. The summed E-state index contributed by atoms with van der Waals surface area (Å²) in [6, 6.07) is 0. The van der Waals surface area contributed by atoms with E-state index >= 15 is 0 Å². The summed E-state index contributed by atoms with van der Waals surface area (Å²) >= 11 is 0. The lowest BCUT2D eigenvalue weighted by molar-refractivity contribution is -0.124. The Morgan fingerprint density at radius 3 is 2.81 bits per heavy atom. The molecule has 3 heterocycles. The van der Waals surface area contributed by atoms with Crippen LogP contribution in [0.25, 0.3) is 0 Å². The molecule has 3 rings (SSSR count). The summed E-state index contributed by atoms with van der Waals surface area (Å²) in [7, 11) is 0. The molecular weight excluding hydrogens is 276 g/mol. The number of fused-ring (bicyclic) bond motifs is 2. The molecule has 0 bridgehead atoms. The number of carbonyl (C=O) groups is 1. The van der Waals surface area contributed by atoms with Crippen molar-refractivity contribution in [3.05, 3.63) is 11.8 Å². The van der Waals surface area contributed by atoms with Gasteiger partial charge in [-0.3, -0.25) is 4.79 Å². The number of nitrogens with zero attached hydrogens (tertiary/aromatic N) is 3. The van der Waals surface area contributed by atoms with Crippen molar-refractivity contribution < 1.29 is 19.8 Å². The van der Waals surface area contributed by atoms with Gasteiger partial charge in [0, 0.05) is 19.6 Å². The molecule has 4 N–H and O–H groups in total. The SMILES string of the molecule is NC(=O)C1=CC(O)N2CCOCC3(CCN(O)CC3)C2=N1. The number of aliphatic hydroxyl groups excluding tert-OH is 1. The lowest BCUT2D eigenvalue weighted by Crippen LogP contribution is -2.54. The maximum atomic E-state index is 11.4. The third kappa shape index (κ3) is 2.55. The first kappa shape index (κ1) is 14.5. The number of piperidine rings is 1. The zero-order valence-electron chi connectivity index (χ0n) is 11.7. The summed E-state index contributed by atoms with van der Waals surface area (Å²) in [6.07, 6.45) is 1.74. The maximum absolute atomic E-state index is 11.4. The first-order chi connectivity index (χ1) is 10.0. The predicted octanol–water partition coefficient (Wildman–Crippen LogP) is -1.11. The van der Waals surface area contributed by atoms with Crippen LogP contribution in [0.2, 0.25) is 0 Å². The van der Waals surface area contributed by atoms with Crippen LogP contribution in [-0.4, -0.2) is 71.1 Å². The topological polar surface area (TPSA) is 112 Å². The minimum atomic E-state index is -0.925. The van der Waals surface area contributed by atoms with Gasteiger partial charge >= 0.3 is 0 Å². The molecule has 8 nitrogen and oxygen atoms in total. The number of amides is 1. The highest BCUT2D eigenvalue weighted by atomic mass is 16.5. The van der Waals surface area contributed by atoms with Crippen molar-refractivity contribution in [1.29, 1.82) is 0 Å². The number of hydrogen-bond acceptors (Lipinski definition) is 7. The van der Waals surface area contributed by atoms with E-state index in [9.17, 15) is 15.1 Å². The van der Waals surface area contributed by atoms with Crippen LogP contribution >= 0.6 is 0 Å². The molecule has 0 aromatic heterocycles. The molecule has 21 heavy (non-hydrogen) atoms. The van der Waals surface area contributed by atoms with Crippen molar-refractivity contribution in [3.8, 4) is 0 Å². The first-order valence-corrected chi connectivity index (χ1v) is 7.09. The molecule has 2 fully saturated rings. The molecule has 0 aliphatic carbocycles. The Labute approximate surface area is 122 Å². The average molecular weight is 296 g/mol. The van der Waals surface area contributed by atoms with Gasteiger partial charge in [-0.15, -0.1) is 0 Å². The van der Waals surface area contributed by atoms with E-state index in [0.717, 1.165) is 0 Å². The predicted molar refractivity (Wildman–Crippen MR) is 73.3 cm³/mol. The van der Waals surface area contributed by atoms with Gasteiger partial charge in [0.05, 0.1) is 18.6 Å². The minimum Gasteiger partial charge on any atom is -0.379 e. The van der Waals surface area contributed by atoms with Crippen molar-refractivity contribution in [2.45, 2.75) is 19.1 Å². The van der Waals surface area contributed by atoms with Crippen LogP contribution in [0.1, 0.15) is 12.8 Å². The second kappa shape index (κ2) is 5.38. The van der Waals surface area contributed by atoms with Crippen LogP contribution in [0, 0.1) is 5.41 Å². The Morgan fingerprint density at radius 1 is 1.43 bits per heavy atom. The molecule has 116 valence electrons. The van der Waals surface area contributed by atoms with Crippen LogP contribution in [0.4, 0.5) is 0 Å². The van der Waals surface area contributed by atoms with Crippen molar-refractivity contribution in [2.75, 3.05) is 32.8 Å². The second-order valence-electron chi connectivity index (χ2n) is 5.75. The fourth-order valence-corrected chi connectivity index (χ4v) is 3.16. The maximum Gasteiger partial charge on any atom is 0.267 e. The first-order valence-electron chi connectivity index (χ1n) is 7.09. The minimum absolute atomic E-state index is 0.0847. The summed E-state index contributed by atoms with van der Waals surface area (Å²) in [4.78, 5) is 17.6. The summed E-state index contributed by atoms with van der Waals surface area (Å²) in [5.41, 5.74) is 4.99. The van der Waals surface area contributed by atoms with E-state index in [4.69, 9.17) is 10.5 Å². The Hall–Kier alpha value is -1.48. The van der Waals surface area contributed by atoms with E-state index in [0.29, 0.717) is 51.5 Å². The van der Waals surface area contributed by atoms with Crippen molar-refractivity contribution in [3.63, 3.8) is 0 Å². The number of nitrogens with two attached hydrogens (primary N) is 1. The average Bonchev–Trinajstić information content (AvgIpc) is 2.63. The number of primary amides is 1. The Kier molecular flexibility index (Phi) is 3.70. The Balaban J connectivity index is 1.99. The highest BCUT2D eigenvalue weighted by Gasteiger charge is 2.46. The summed E-state index contributed by atoms with van der Waals surface area (Å²) < 4.78 is 5.69. The normalized spacial score (nSPS) is 29.4. The van der Waals surface area contributed by atoms with Crippen LogP contribution in [0.3, 0.4) is 0 Å². The number of carbonyl (C=O) groups excluding carboxylic acids is 1. The molecule has 0 radical (unpaired) electrons. The molecule has 2 saturated heterocycles. The molecule has 3 aliphatic rings. The number of aliphatic hydroxyl groups is 1. The third-order valence-corrected chi connectivity index (χ3v) is 4.40. The molecular formula is C13H20N4O4. The zero-order valence-corrected chi connectivity index (χ0v) is 11.7. The van der Waals surface area contributed by atoms with E-state index in [-0.39, 0.29) is 5.70 Å². The van der Waals surface area contributed by atoms with Gasteiger partial charge in [-0.25, -0.2) is 4.99 Å². The molecule has 1 amide bonds. The number of hydrogen-bond donors (Lipinski definition) is 3. The van der Waals surface area contributed by atoms with E-state index in [1.165, 1.54) is 11.1 Å². The quantitative estimate of drug-likeness (QED) is 0.566. The number of rotatable bonds is 1. The van der Waals surface area contributed by atoms with Gasteiger partial charge in [0.2, 0.25) is 0 Å². The van der Waals surface area contributed by atoms with Crippen molar-refractivity contribution >= 4 is 11.7 Å². The van der Waals surface area contributed by atoms with Gasteiger partial charge in [-0.1, -0.05) is 0 Å². The third-order valence-electron chi connectivity index (χ3n) is 4.40. The molecule has 1 spiro atoms. The fourth-order valence-electron chi connectivity index (χ4n) is 3.16.